The molecule has 1 aliphatic rings. The molecule has 7 heteroatoms. The van der Waals surface area contributed by atoms with Crippen LogP contribution >= 0.6 is 11.6 Å². The van der Waals surface area contributed by atoms with Gasteiger partial charge in [0.2, 0.25) is 5.91 Å². The number of hydrogen-bond donors (Lipinski definition) is 1. The smallest absolute Gasteiger partial charge is 0.251 e. The Morgan fingerprint density at radius 3 is 2.46 bits per heavy atom. The summed E-state index contributed by atoms with van der Waals surface area (Å²) >= 11 is 5.91. The molecule has 1 aliphatic heterocycles. The first-order valence-electron chi connectivity index (χ1n) is 9.28. The molecule has 2 aromatic rings. The molecule has 2 aromatic carbocycles. The molecule has 6 nitrogen and oxygen atoms in total. The summed E-state index contributed by atoms with van der Waals surface area (Å²) in [5, 5.41) is 3.55. The minimum absolute atomic E-state index is 0.0330. The highest BCUT2D eigenvalue weighted by Crippen LogP contribution is 2.29. The fraction of sp³-hybridized carbons (Fsp3) is 0.333. The van der Waals surface area contributed by atoms with Gasteiger partial charge >= 0.3 is 0 Å². The van der Waals surface area contributed by atoms with Crippen LogP contribution in [0, 0.1) is 0 Å². The summed E-state index contributed by atoms with van der Waals surface area (Å²) in [6.07, 6.45) is 0.254. The van der Waals surface area contributed by atoms with Gasteiger partial charge in [0.1, 0.15) is 0 Å². The van der Waals surface area contributed by atoms with Gasteiger partial charge in [-0.25, -0.2) is 0 Å². The van der Waals surface area contributed by atoms with Crippen LogP contribution in [0.5, 0.6) is 11.5 Å². The lowest BCUT2D eigenvalue weighted by Crippen LogP contribution is -2.37. The molecular formula is C21H23ClN2O4. The van der Waals surface area contributed by atoms with Gasteiger partial charge in [-0.3, -0.25) is 9.59 Å². The average molecular weight is 403 g/mol. The number of anilines is 1. The van der Waals surface area contributed by atoms with Gasteiger partial charge in [0.25, 0.3) is 5.91 Å². The zero-order chi connectivity index (χ0) is 20.1. The van der Waals surface area contributed by atoms with E-state index in [2.05, 4.69) is 5.32 Å². The van der Waals surface area contributed by atoms with Crippen LogP contribution in [0.2, 0.25) is 5.02 Å². The average Bonchev–Trinajstić information content (AvgIpc) is 3.04. The van der Waals surface area contributed by atoms with E-state index in [1.165, 1.54) is 0 Å². The highest BCUT2D eigenvalue weighted by Gasteiger charge is 2.31. The van der Waals surface area contributed by atoms with Gasteiger partial charge in [0, 0.05) is 29.2 Å². The van der Waals surface area contributed by atoms with Crippen molar-refractivity contribution in [2.24, 2.45) is 0 Å². The van der Waals surface area contributed by atoms with Crippen LogP contribution in [-0.4, -0.2) is 37.6 Å². The van der Waals surface area contributed by atoms with Crippen molar-refractivity contribution in [1.82, 2.24) is 5.32 Å². The Hall–Kier alpha value is -2.73. The first-order chi connectivity index (χ1) is 13.5. The van der Waals surface area contributed by atoms with Gasteiger partial charge in [-0.1, -0.05) is 11.6 Å². The number of carbonyl (C=O) groups excluding carboxylic acids is 2. The summed E-state index contributed by atoms with van der Waals surface area (Å²) in [7, 11) is 0. The molecule has 1 fully saturated rings. The largest absolute Gasteiger partial charge is 0.490 e. The number of amides is 2. The summed E-state index contributed by atoms with van der Waals surface area (Å²) < 4.78 is 11.1. The number of nitrogens with one attached hydrogen (secondary N) is 1. The molecule has 1 atom stereocenters. The summed E-state index contributed by atoms with van der Waals surface area (Å²) in [6, 6.07) is 11.9. The number of nitrogens with zero attached hydrogens (tertiary/aromatic N) is 1. The molecule has 1 unspecified atom stereocenters. The van der Waals surface area contributed by atoms with Crippen molar-refractivity contribution in [1.29, 1.82) is 0 Å². The molecule has 1 N–H and O–H groups in total. The molecule has 1 saturated heterocycles. The third-order valence-corrected chi connectivity index (χ3v) is 4.66. The van der Waals surface area contributed by atoms with Crippen LogP contribution in [0.15, 0.2) is 42.5 Å². The van der Waals surface area contributed by atoms with Crippen molar-refractivity contribution in [2.75, 3.05) is 24.7 Å². The second kappa shape index (κ2) is 8.97. The normalized spacial score (nSPS) is 16.2. The Morgan fingerprint density at radius 2 is 1.79 bits per heavy atom. The van der Waals surface area contributed by atoms with E-state index in [9.17, 15) is 9.59 Å². The predicted molar refractivity (Wildman–Crippen MR) is 108 cm³/mol. The molecule has 2 amide bonds. The lowest BCUT2D eigenvalue weighted by Gasteiger charge is -2.17. The van der Waals surface area contributed by atoms with E-state index in [0.717, 1.165) is 5.69 Å². The maximum absolute atomic E-state index is 12.7. The predicted octanol–water partition coefficient (Wildman–Crippen LogP) is 3.67. The standard InChI is InChI=1S/C21H23ClN2O4/c1-3-27-18-10-5-14(11-19(18)28-4-2)21(26)23-16-12-20(25)24(13-16)17-8-6-15(22)7-9-17/h5-11,16H,3-4,12-13H2,1-2H3,(H,23,26). The van der Waals surface area contributed by atoms with Gasteiger partial charge in [0.15, 0.2) is 11.5 Å². The van der Waals surface area contributed by atoms with E-state index in [4.69, 9.17) is 21.1 Å². The number of halogens is 1. The molecule has 0 aliphatic carbocycles. The highest BCUT2D eigenvalue weighted by atomic mass is 35.5. The van der Waals surface area contributed by atoms with Gasteiger partial charge in [0.05, 0.1) is 19.3 Å². The van der Waals surface area contributed by atoms with Crippen molar-refractivity contribution in [3.63, 3.8) is 0 Å². The summed E-state index contributed by atoms with van der Waals surface area (Å²) in [6.45, 7) is 5.16. The van der Waals surface area contributed by atoms with Crippen molar-refractivity contribution in [3.8, 4) is 11.5 Å². The van der Waals surface area contributed by atoms with Crippen molar-refractivity contribution < 1.29 is 19.1 Å². The Kier molecular flexibility index (Phi) is 6.41. The third-order valence-electron chi connectivity index (χ3n) is 4.40. The quantitative estimate of drug-likeness (QED) is 0.767. The first-order valence-corrected chi connectivity index (χ1v) is 9.66. The molecule has 3 rings (SSSR count). The lowest BCUT2D eigenvalue weighted by atomic mass is 10.1. The van der Waals surface area contributed by atoms with Crippen LogP contribution in [-0.2, 0) is 4.79 Å². The Balaban J connectivity index is 1.68. The Morgan fingerprint density at radius 1 is 1.11 bits per heavy atom. The lowest BCUT2D eigenvalue weighted by molar-refractivity contribution is -0.117. The maximum Gasteiger partial charge on any atom is 0.251 e. The zero-order valence-corrected chi connectivity index (χ0v) is 16.7. The number of rotatable bonds is 7. The molecule has 0 spiro atoms. The second-order valence-electron chi connectivity index (χ2n) is 6.38. The topological polar surface area (TPSA) is 67.9 Å². The molecule has 0 aromatic heterocycles. The molecule has 0 bridgehead atoms. The van der Waals surface area contributed by atoms with E-state index < -0.39 is 0 Å². The minimum atomic E-state index is -0.266. The van der Waals surface area contributed by atoms with Gasteiger partial charge in [-0.15, -0.1) is 0 Å². The Bertz CT molecular complexity index is 854. The van der Waals surface area contributed by atoms with Crippen LogP contribution in [0.3, 0.4) is 0 Å². The van der Waals surface area contributed by atoms with Gasteiger partial charge in [-0.05, 0) is 56.3 Å². The number of ether oxygens (including phenoxy) is 2. The van der Waals surface area contributed by atoms with Crippen LogP contribution in [0.4, 0.5) is 5.69 Å². The zero-order valence-electron chi connectivity index (χ0n) is 15.9. The SMILES string of the molecule is CCOc1ccc(C(=O)NC2CC(=O)N(c3ccc(Cl)cc3)C2)cc1OCC. The minimum Gasteiger partial charge on any atom is -0.490 e. The van der Waals surface area contributed by atoms with Crippen molar-refractivity contribution in [3.05, 3.63) is 53.1 Å². The summed E-state index contributed by atoms with van der Waals surface area (Å²) in [5.41, 5.74) is 1.23. The molecule has 1 heterocycles. The monoisotopic (exact) mass is 402 g/mol. The van der Waals surface area contributed by atoms with E-state index in [-0.39, 0.29) is 24.3 Å². The van der Waals surface area contributed by atoms with Crippen LogP contribution in [0.1, 0.15) is 30.6 Å². The fourth-order valence-corrected chi connectivity index (χ4v) is 3.26. The highest BCUT2D eigenvalue weighted by molar-refractivity contribution is 6.30. The molecule has 0 radical (unpaired) electrons. The fourth-order valence-electron chi connectivity index (χ4n) is 3.14. The van der Waals surface area contributed by atoms with Crippen molar-refractivity contribution >= 4 is 29.1 Å². The van der Waals surface area contributed by atoms with Crippen molar-refractivity contribution in [2.45, 2.75) is 26.3 Å². The Labute approximate surface area is 169 Å². The maximum atomic E-state index is 12.7. The van der Waals surface area contributed by atoms with Crippen LogP contribution in [0.25, 0.3) is 0 Å². The third kappa shape index (κ3) is 4.57. The second-order valence-corrected chi connectivity index (χ2v) is 6.82. The number of benzene rings is 2. The van der Waals surface area contributed by atoms with E-state index >= 15 is 0 Å². The molecule has 148 valence electrons. The van der Waals surface area contributed by atoms with E-state index in [1.807, 2.05) is 13.8 Å². The van der Waals surface area contributed by atoms with E-state index in [0.29, 0.717) is 41.8 Å². The van der Waals surface area contributed by atoms with Crippen LogP contribution < -0.4 is 19.7 Å². The molecule has 28 heavy (non-hydrogen) atoms. The molecule has 0 saturated carbocycles. The van der Waals surface area contributed by atoms with Gasteiger partial charge in [-0.2, -0.15) is 0 Å². The van der Waals surface area contributed by atoms with E-state index in [1.54, 1.807) is 47.4 Å². The summed E-state index contributed by atoms with van der Waals surface area (Å²) in [5.74, 6) is 0.849. The summed E-state index contributed by atoms with van der Waals surface area (Å²) in [4.78, 5) is 26.7. The molecular weight excluding hydrogens is 380 g/mol. The van der Waals surface area contributed by atoms with Gasteiger partial charge < -0.3 is 19.7 Å². The number of hydrogen-bond acceptors (Lipinski definition) is 4. The first kappa shape index (κ1) is 20.0. The number of carbonyl (C=O) groups is 2.